The minimum atomic E-state index is -3.66. The Balaban J connectivity index is 1.40. The summed E-state index contributed by atoms with van der Waals surface area (Å²) in [6.07, 6.45) is 2.00. The van der Waals surface area contributed by atoms with E-state index in [2.05, 4.69) is 24.0 Å². The normalized spacial score (nSPS) is 34.2. The number of hydrogen-bond acceptors (Lipinski definition) is 7. The molecule has 2 aromatic rings. The van der Waals surface area contributed by atoms with Gasteiger partial charge in [-0.05, 0) is 44.0 Å². The van der Waals surface area contributed by atoms with Crippen LogP contribution in [-0.4, -0.2) is 48.5 Å². The van der Waals surface area contributed by atoms with Gasteiger partial charge in [0.05, 0.1) is 11.4 Å². The van der Waals surface area contributed by atoms with Gasteiger partial charge in [-0.2, -0.15) is 0 Å². The van der Waals surface area contributed by atoms with Crippen LogP contribution < -0.4 is 9.80 Å². The molecule has 8 nitrogen and oxygen atoms in total. The summed E-state index contributed by atoms with van der Waals surface area (Å²) in [7, 11) is -3.66. The van der Waals surface area contributed by atoms with Crippen LogP contribution in [0.5, 0.6) is 0 Å². The van der Waals surface area contributed by atoms with Gasteiger partial charge in [0.1, 0.15) is 0 Å². The molecule has 168 valence electrons. The number of hydrogen-bond donors (Lipinski definition) is 0. The first-order chi connectivity index (χ1) is 15.5. The molecule has 5 aliphatic heterocycles. The van der Waals surface area contributed by atoms with Crippen LogP contribution >= 0.6 is 7.82 Å². The maximum Gasteiger partial charge on any atom is 0.482 e. The highest BCUT2D eigenvalue weighted by molar-refractivity contribution is 7.50. The number of phosphoric acid groups is 1. The Morgan fingerprint density at radius 1 is 0.969 bits per heavy atom. The average molecular weight is 455 g/mol. The Morgan fingerprint density at radius 3 is 2.38 bits per heavy atom. The van der Waals surface area contributed by atoms with E-state index in [1.165, 1.54) is 0 Å². The highest BCUT2D eigenvalue weighted by atomic mass is 31.2. The van der Waals surface area contributed by atoms with Crippen molar-refractivity contribution in [3.63, 3.8) is 0 Å². The number of para-hydroxylation sites is 3. The zero-order valence-corrected chi connectivity index (χ0v) is 18.8. The van der Waals surface area contributed by atoms with E-state index in [1.54, 1.807) is 4.90 Å². The van der Waals surface area contributed by atoms with Gasteiger partial charge in [-0.15, -0.1) is 0 Å². The van der Waals surface area contributed by atoms with Crippen LogP contribution in [0, 0.1) is 0 Å². The molecule has 0 aromatic heterocycles. The molecule has 5 aliphatic rings. The largest absolute Gasteiger partial charge is 0.482 e. The first-order valence-electron chi connectivity index (χ1n) is 11.2. The lowest BCUT2D eigenvalue weighted by Crippen LogP contribution is -2.68. The number of carbonyl (C=O) groups excluding carboxylic acids is 1. The molecule has 32 heavy (non-hydrogen) atoms. The van der Waals surface area contributed by atoms with Crippen LogP contribution in [0.4, 0.5) is 17.1 Å². The predicted octanol–water partition coefficient (Wildman–Crippen LogP) is 4.25. The molecule has 2 aromatic carbocycles. The van der Waals surface area contributed by atoms with Crippen LogP contribution in [0.25, 0.3) is 0 Å². The molecule has 2 atom stereocenters. The van der Waals surface area contributed by atoms with Crippen molar-refractivity contribution in [3.8, 4) is 0 Å². The van der Waals surface area contributed by atoms with E-state index >= 15 is 0 Å². The zero-order valence-electron chi connectivity index (χ0n) is 17.9. The van der Waals surface area contributed by atoms with Crippen LogP contribution in [0.3, 0.4) is 0 Å². The fourth-order valence-corrected chi connectivity index (χ4v) is 6.79. The van der Waals surface area contributed by atoms with Gasteiger partial charge >= 0.3 is 7.82 Å². The van der Waals surface area contributed by atoms with E-state index in [1.807, 2.05) is 47.4 Å². The van der Waals surface area contributed by atoms with Crippen molar-refractivity contribution in [2.24, 2.45) is 0 Å². The highest BCUT2D eigenvalue weighted by Crippen LogP contribution is 2.73. The lowest BCUT2D eigenvalue weighted by molar-refractivity contribution is -0.191. The van der Waals surface area contributed by atoms with E-state index in [0.717, 1.165) is 36.3 Å². The van der Waals surface area contributed by atoms with Crippen molar-refractivity contribution >= 4 is 30.8 Å². The quantitative estimate of drug-likeness (QED) is 0.641. The molecule has 0 aliphatic carbocycles. The number of benzene rings is 2. The van der Waals surface area contributed by atoms with E-state index in [0.29, 0.717) is 19.6 Å². The molecular weight excluding hydrogens is 429 g/mol. The van der Waals surface area contributed by atoms with Crippen LogP contribution in [-0.2, 0) is 22.9 Å². The van der Waals surface area contributed by atoms with Crippen LogP contribution in [0.2, 0.25) is 0 Å². The predicted molar refractivity (Wildman–Crippen MR) is 120 cm³/mol. The van der Waals surface area contributed by atoms with Gasteiger partial charge in [0, 0.05) is 31.4 Å². The molecule has 4 fully saturated rings. The summed E-state index contributed by atoms with van der Waals surface area (Å²) in [6.45, 7) is 3.84. The number of anilines is 3. The number of phosphoric ester groups is 1. The third-order valence-corrected chi connectivity index (χ3v) is 8.28. The Hall–Kier alpha value is -2.22. The monoisotopic (exact) mass is 455 g/mol. The van der Waals surface area contributed by atoms with Gasteiger partial charge in [0.15, 0.2) is 0 Å². The molecule has 4 saturated heterocycles. The van der Waals surface area contributed by atoms with E-state index in [-0.39, 0.29) is 11.9 Å². The standard InChI is InChI=1S/C23H26N3O5P/c1-17-9-7-8-14-26(17)23(22-29-32(28,30-22)31-23)21(27)25-16-15-24(18-10-3-2-4-11-18)19-12-5-6-13-20(19)25/h2-6,10-13,17,22H,7-9,14-16H2,1H3/t17-,22?,23?,32?/m1/s1. The fraction of sp³-hybridized carbons (Fsp3) is 0.435. The molecule has 1 unspecified atom stereocenters. The maximum atomic E-state index is 14.2. The summed E-state index contributed by atoms with van der Waals surface area (Å²) < 4.78 is 29.5. The molecule has 0 radical (unpaired) electrons. The number of nitrogens with zero attached hydrogens (tertiary/aromatic N) is 3. The van der Waals surface area contributed by atoms with Gasteiger partial charge < -0.3 is 9.80 Å². The Kier molecular flexibility index (Phi) is 4.72. The minimum absolute atomic E-state index is 0.0906. The second-order valence-electron chi connectivity index (χ2n) is 8.75. The summed E-state index contributed by atoms with van der Waals surface area (Å²) >= 11 is 0. The zero-order chi connectivity index (χ0) is 21.9. The lowest BCUT2D eigenvalue weighted by atomic mass is 9.97. The number of piperidine rings is 1. The number of amides is 1. The molecular formula is C23H26N3O5P. The third-order valence-electron chi connectivity index (χ3n) is 6.88. The molecule has 9 heteroatoms. The number of rotatable bonds is 3. The number of fused-ring (bicyclic) bond motifs is 2. The molecule has 0 saturated carbocycles. The smallest absolute Gasteiger partial charge is 0.338 e. The van der Waals surface area contributed by atoms with Crippen molar-refractivity contribution in [1.29, 1.82) is 0 Å². The van der Waals surface area contributed by atoms with Crippen LogP contribution in [0.1, 0.15) is 26.2 Å². The number of likely N-dealkylation sites (tertiary alicyclic amines) is 1. The summed E-state index contributed by atoms with van der Waals surface area (Å²) in [4.78, 5) is 20.2. The fourth-order valence-electron chi connectivity index (χ4n) is 5.33. The van der Waals surface area contributed by atoms with Gasteiger partial charge in [-0.3, -0.25) is 18.7 Å². The molecule has 7 rings (SSSR count). The SMILES string of the molecule is C[C@@H]1CCCCN1C1(C(=O)N2CCN(c3ccccc3)c3ccccc32)OP2(=O)OC1O2. The Morgan fingerprint density at radius 2 is 1.69 bits per heavy atom. The molecule has 5 heterocycles. The van der Waals surface area contributed by atoms with Gasteiger partial charge in [-0.1, -0.05) is 36.8 Å². The van der Waals surface area contributed by atoms with E-state index in [4.69, 9.17) is 13.6 Å². The number of carbonyl (C=O) groups is 1. The summed E-state index contributed by atoms with van der Waals surface area (Å²) in [5, 5.41) is 0. The van der Waals surface area contributed by atoms with Gasteiger partial charge in [-0.25, -0.2) is 9.09 Å². The molecule has 0 N–H and O–H groups in total. The first kappa shape index (κ1) is 20.4. The maximum absolute atomic E-state index is 14.2. The Labute approximate surface area is 187 Å². The van der Waals surface area contributed by atoms with E-state index < -0.39 is 19.8 Å². The Bertz CT molecular complexity index is 1090. The van der Waals surface area contributed by atoms with Gasteiger partial charge in [0.2, 0.25) is 6.29 Å². The molecule has 2 bridgehead atoms. The second kappa shape index (κ2) is 7.40. The van der Waals surface area contributed by atoms with Gasteiger partial charge in [0.25, 0.3) is 11.6 Å². The summed E-state index contributed by atoms with van der Waals surface area (Å²) in [5.41, 5.74) is 1.29. The van der Waals surface area contributed by atoms with Crippen molar-refractivity contribution in [2.75, 3.05) is 29.4 Å². The second-order valence-corrected chi connectivity index (χ2v) is 10.2. The van der Waals surface area contributed by atoms with Crippen LogP contribution in [0.15, 0.2) is 54.6 Å². The molecule has 1 amide bonds. The average Bonchev–Trinajstić information content (AvgIpc) is 3.28. The van der Waals surface area contributed by atoms with Crippen molar-refractivity contribution < 1.29 is 22.9 Å². The van der Waals surface area contributed by atoms with Crippen molar-refractivity contribution in [1.82, 2.24) is 4.90 Å². The van der Waals surface area contributed by atoms with Crippen molar-refractivity contribution in [3.05, 3.63) is 54.6 Å². The third kappa shape index (κ3) is 2.91. The summed E-state index contributed by atoms with van der Waals surface area (Å²) in [5.74, 6) is -0.272. The minimum Gasteiger partial charge on any atom is -0.338 e. The van der Waals surface area contributed by atoms with Crippen molar-refractivity contribution in [2.45, 2.75) is 44.2 Å². The highest BCUT2D eigenvalue weighted by Gasteiger charge is 2.76. The lowest BCUT2D eigenvalue weighted by Gasteiger charge is -2.47. The molecule has 0 spiro atoms. The summed E-state index contributed by atoms with van der Waals surface area (Å²) in [6, 6.07) is 18.1. The van der Waals surface area contributed by atoms with E-state index in [9.17, 15) is 9.36 Å². The topological polar surface area (TPSA) is 71.6 Å². The first-order valence-corrected chi connectivity index (χ1v) is 12.7.